The third-order valence-corrected chi connectivity index (χ3v) is 3.01. The first-order chi connectivity index (χ1) is 8.65. The van der Waals surface area contributed by atoms with Crippen LogP contribution >= 0.6 is 11.8 Å². The van der Waals surface area contributed by atoms with Crippen LogP contribution in [0, 0.1) is 6.92 Å². The molecular weight excluding hydrogens is 250 g/mol. The number of hydrogen-bond acceptors (Lipinski definition) is 5. The Morgan fingerprint density at radius 2 is 2.28 bits per heavy atom. The molecule has 18 heavy (non-hydrogen) atoms. The molecule has 0 unspecified atom stereocenters. The number of carboxylic acids is 1. The maximum absolute atomic E-state index is 10.5. The largest absolute Gasteiger partial charge is 0.481 e. The molecule has 0 spiro atoms. The summed E-state index contributed by atoms with van der Waals surface area (Å²) < 4.78 is 0. The van der Waals surface area contributed by atoms with Crippen molar-refractivity contribution >= 4 is 17.7 Å². The molecule has 92 valence electrons. The van der Waals surface area contributed by atoms with E-state index in [1.807, 2.05) is 12.1 Å². The van der Waals surface area contributed by atoms with Crippen molar-refractivity contribution in [2.24, 2.45) is 0 Å². The second kappa shape index (κ2) is 5.59. The van der Waals surface area contributed by atoms with Gasteiger partial charge >= 0.3 is 5.97 Å². The fourth-order valence-corrected chi connectivity index (χ4v) is 2.08. The van der Waals surface area contributed by atoms with E-state index >= 15 is 0 Å². The summed E-state index contributed by atoms with van der Waals surface area (Å²) in [6.45, 7) is 1.78. The monoisotopic (exact) mass is 261 g/mol. The molecule has 2 aromatic rings. The minimum atomic E-state index is -0.862. The zero-order chi connectivity index (χ0) is 13.0. The molecule has 0 saturated carbocycles. The molecule has 5 nitrogen and oxygen atoms in total. The van der Waals surface area contributed by atoms with Gasteiger partial charge in [-0.15, -0.1) is 0 Å². The molecule has 0 aliphatic heterocycles. The van der Waals surface area contributed by atoms with Crippen LogP contribution in [-0.2, 0) is 4.79 Å². The third-order valence-electron chi connectivity index (χ3n) is 2.12. The van der Waals surface area contributed by atoms with Gasteiger partial charge in [0.1, 0.15) is 10.9 Å². The number of carboxylic acid groups (broad SMARTS) is 1. The summed E-state index contributed by atoms with van der Waals surface area (Å²) >= 11 is 1.18. The summed E-state index contributed by atoms with van der Waals surface area (Å²) in [6.07, 6.45) is 3.41. The molecule has 2 rings (SSSR count). The van der Waals surface area contributed by atoms with Gasteiger partial charge in [0.15, 0.2) is 0 Å². The van der Waals surface area contributed by atoms with Crippen molar-refractivity contribution in [3.05, 3.63) is 36.4 Å². The van der Waals surface area contributed by atoms with Crippen molar-refractivity contribution in [1.29, 1.82) is 0 Å². The Hall–Kier alpha value is -1.95. The lowest BCUT2D eigenvalue weighted by Gasteiger charge is -2.04. The minimum absolute atomic E-state index is 0.0110. The number of thioether (sulfide) groups is 1. The van der Waals surface area contributed by atoms with Crippen LogP contribution in [0.5, 0.6) is 0 Å². The summed E-state index contributed by atoms with van der Waals surface area (Å²) in [6, 6.07) is 5.51. The molecule has 0 aliphatic carbocycles. The van der Waals surface area contributed by atoms with E-state index in [2.05, 4.69) is 15.0 Å². The molecule has 0 fully saturated rings. The van der Waals surface area contributed by atoms with Crippen LogP contribution in [0.4, 0.5) is 0 Å². The molecule has 0 saturated heterocycles. The molecule has 0 bridgehead atoms. The van der Waals surface area contributed by atoms with Crippen LogP contribution in [0.25, 0.3) is 11.3 Å². The highest BCUT2D eigenvalue weighted by Crippen LogP contribution is 2.22. The van der Waals surface area contributed by atoms with Crippen LogP contribution < -0.4 is 0 Å². The fraction of sp³-hybridized carbons (Fsp3) is 0.167. The highest BCUT2D eigenvalue weighted by molar-refractivity contribution is 7.99. The highest BCUT2D eigenvalue weighted by atomic mass is 32.2. The van der Waals surface area contributed by atoms with Gasteiger partial charge in [-0.3, -0.25) is 9.78 Å². The van der Waals surface area contributed by atoms with Crippen LogP contribution in [-0.4, -0.2) is 31.8 Å². The van der Waals surface area contributed by atoms with Gasteiger partial charge in [-0.1, -0.05) is 11.8 Å². The Morgan fingerprint density at radius 1 is 1.44 bits per heavy atom. The Labute approximate surface area is 108 Å². The Kier molecular flexibility index (Phi) is 3.88. The average Bonchev–Trinajstić information content (AvgIpc) is 2.37. The topological polar surface area (TPSA) is 76.0 Å². The van der Waals surface area contributed by atoms with E-state index in [1.165, 1.54) is 11.8 Å². The SMILES string of the molecule is Cc1nc(SCC(=O)O)cc(-c2cccnc2)n1. The smallest absolute Gasteiger partial charge is 0.313 e. The van der Waals surface area contributed by atoms with Crippen molar-refractivity contribution in [1.82, 2.24) is 15.0 Å². The van der Waals surface area contributed by atoms with Gasteiger partial charge < -0.3 is 5.11 Å². The van der Waals surface area contributed by atoms with E-state index in [-0.39, 0.29) is 5.75 Å². The summed E-state index contributed by atoms with van der Waals surface area (Å²) in [7, 11) is 0. The maximum atomic E-state index is 10.5. The van der Waals surface area contributed by atoms with Crippen molar-refractivity contribution in [2.45, 2.75) is 11.9 Å². The Bertz CT molecular complexity index is 561. The van der Waals surface area contributed by atoms with Gasteiger partial charge in [0, 0.05) is 18.0 Å². The molecule has 0 aliphatic rings. The maximum Gasteiger partial charge on any atom is 0.313 e. The van der Waals surface area contributed by atoms with Crippen LogP contribution in [0.3, 0.4) is 0 Å². The van der Waals surface area contributed by atoms with E-state index in [4.69, 9.17) is 5.11 Å². The first-order valence-electron chi connectivity index (χ1n) is 5.26. The van der Waals surface area contributed by atoms with Crippen molar-refractivity contribution < 1.29 is 9.90 Å². The van der Waals surface area contributed by atoms with Crippen molar-refractivity contribution in [2.75, 3.05) is 5.75 Å². The lowest BCUT2D eigenvalue weighted by atomic mass is 10.2. The second-order valence-corrected chi connectivity index (χ2v) is 4.56. The van der Waals surface area contributed by atoms with Crippen molar-refractivity contribution in [3.63, 3.8) is 0 Å². The summed E-state index contributed by atoms with van der Waals surface area (Å²) in [5, 5.41) is 9.31. The van der Waals surface area contributed by atoms with Crippen LogP contribution in [0.15, 0.2) is 35.6 Å². The van der Waals surface area contributed by atoms with Crippen LogP contribution in [0.2, 0.25) is 0 Å². The number of pyridine rings is 1. The summed E-state index contributed by atoms with van der Waals surface area (Å²) in [5.74, 6) is -0.258. The molecule has 1 N–H and O–H groups in total. The van der Waals surface area contributed by atoms with E-state index < -0.39 is 5.97 Å². The summed E-state index contributed by atoms with van der Waals surface area (Å²) in [4.78, 5) is 23.1. The number of rotatable bonds is 4. The highest BCUT2D eigenvalue weighted by Gasteiger charge is 2.06. The third kappa shape index (κ3) is 3.27. The molecule has 6 heteroatoms. The predicted octanol–water partition coefficient (Wildman–Crippen LogP) is 2.02. The molecular formula is C12H11N3O2S. The van der Waals surface area contributed by atoms with Crippen LogP contribution in [0.1, 0.15) is 5.82 Å². The quantitative estimate of drug-likeness (QED) is 0.670. The lowest BCUT2D eigenvalue weighted by Crippen LogP contribution is -2.00. The number of nitrogens with zero attached hydrogens (tertiary/aromatic N) is 3. The second-order valence-electron chi connectivity index (χ2n) is 3.56. The van der Waals surface area contributed by atoms with Gasteiger partial charge in [-0.05, 0) is 25.1 Å². The molecule has 0 atom stereocenters. The predicted molar refractivity (Wildman–Crippen MR) is 68.4 cm³/mol. The van der Waals surface area contributed by atoms with Crippen molar-refractivity contribution in [3.8, 4) is 11.3 Å². The molecule has 2 aromatic heterocycles. The normalized spacial score (nSPS) is 10.3. The zero-order valence-corrected chi connectivity index (χ0v) is 10.5. The number of aromatic nitrogens is 3. The molecule has 0 aromatic carbocycles. The first-order valence-corrected chi connectivity index (χ1v) is 6.24. The van der Waals surface area contributed by atoms with E-state index in [1.54, 1.807) is 25.4 Å². The number of carbonyl (C=O) groups is 1. The number of hydrogen-bond donors (Lipinski definition) is 1. The van der Waals surface area contributed by atoms with E-state index in [0.717, 1.165) is 11.3 Å². The van der Waals surface area contributed by atoms with Gasteiger partial charge in [0.2, 0.25) is 0 Å². The number of aryl methyl sites for hydroxylation is 1. The van der Waals surface area contributed by atoms with Gasteiger partial charge in [-0.2, -0.15) is 0 Å². The summed E-state index contributed by atoms with van der Waals surface area (Å²) in [5.41, 5.74) is 1.64. The minimum Gasteiger partial charge on any atom is -0.481 e. The standard InChI is InChI=1S/C12H11N3O2S/c1-8-14-10(9-3-2-4-13-6-9)5-11(15-8)18-7-12(16)17/h2-6H,7H2,1H3,(H,16,17). The Morgan fingerprint density at radius 3 is 2.94 bits per heavy atom. The van der Waals surface area contributed by atoms with Gasteiger partial charge in [0.05, 0.1) is 11.4 Å². The van der Waals surface area contributed by atoms with E-state index in [0.29, 0.717) is 10.9 Å². The van der Waals surface area contributed by atoms with Gasteiger partial charge in [-0.25, -0.2) is 9.97 Å². The first kappa shape index (κ1) is 12.5. The molecule has 2 heterocycles. The molecule has 0 amide bonds. The Balaban J connectivity index is 2.29. The zero-order valence-electron chi connectivity index (χ0n) is 9.70. The average molecular weight is 261 g/mol. The van der Waals surface area contributed by atoms with E-state index in [9.17, 15) is 4.79 Å². The molecule has 0 radical (unpaired) electrons. The number of aliphatic carboxylic acids is 1. The lowest BCUT2D eigenvalue weighted by molar-refractivity contribution is -0.133. The fourth-order valence-electron chi connectivity index (χ4n) is 1.41. The van der Waals surface area contributed by atoms with Gasteiger partial charge in [0.25, 0.3) is 0 Å².